The minimum Gasteiger partial charge on any atom is -0.352 e. The van der Waals surface area contributed by atoms with Gasteiger partial charge in [-0.1, -0.05) is 57.2 Å². The van der Waals surface area contributed by atoms with Crippen molar-refractivity contribution in [2.24, 2.45) is 0 Å². The maximum absolute atomic E-state index is 12.2. The molecule has 1 heterocycles. The third kappa shape index (κ3) is 4.55. The molecular weight excluding hydrogens is 260 g/mol. The fraction of sp³-hybridized carbons (Fsp3) is 0.444. The number of fused-ring (bicyclic) bond motifs is 1. The number of benzene rings is 1. The number of rotatable bonds is 8. The van der Waals surface area contributed by atoms with E-state index in [1.807, 2.05) is 30.3 Å². The van der Waals surface area contributed by atoms with E-state index in [-0.39, 0.29) is 5.91 Å². The Morgan fingerprint density at radius 1 is 1.05 bits per heavy atom. The highest BCUT2D eigenvalue weighted by molar-refractivity contribution is 6.05. The number of unbranched alkanes of at least 4 members (excludes halogenated alkanes) is 5. The lowest BCUT2D eigenvalue weighted by molar-refractivity contribution is 0.0954. The molecule has 1 aromatic heterocycles. The van der Waals surface area contributed by atoms with E-state index in [2.05, 4.69) is 17.2 Å². The highest BCUT2D eigenvalue weighted by Crippen LogP contribution is 2.15. The second-order valence-electron chi connectivity index (χ2n) is 5.40. The zero-order chi connectivity index (χ0) is 14.9. The fourth-order valence-electron chi connectivity index (χ4n) is 2.49. The molecule has 0 unspecified atom stereocenters. The SMILES string of the molecule is CCCCCCCCNC(=O)c1cccc2cccnc12. The molecule has 0 saturated heterocycles. The van der Waals surface area contributed by atoms with Crippen LogP contribution in [0.1, 0.15) is 55.8 Å². The summed E-state index contributed by atoms with van der Waals surface area (Å²) in [7, 11) is 0. The Morgan fingerprint density at radius 3 is 2.67 bits per heavy atom. The van der Waals surface area contributed by atoms with Crippen molar-refractivity contribution < 1.29 is 4.79 Å². The largest absolute Gasteiger partial charge is 0.352 e. The molecule has 0 spiro atoms. The molecule has 0 aliphatic heterocycles. The Kier molecular flexibility index (Phi) is 6.20. The molecule has 112 valence electrons. The van der Waals surface area contributed by atoms with Crippen LogP contribution in [0.4, 0.5) is 0 Å². The number of carbonyl (C=O) groups is 1. The van der Waals surface area contributed by atoms with Crippen LogP contribution >= 0.6 is 0 Å². The highest BCUT2D eigenvalue weighted by Gasteiger charge is 2.09. The molecule has 3 nitrogen and oxygen atoms in total. The van der Waals surface area contributed by atoms with Crippen LogP contribution in [0, 0.1) is 0 Å². The summed E-state index contributed by atoms with van der Waals surface area (Å²) in [4.78, 5) is 16.6. The molecule has 0 atom stereocenters. The van der Waals surface area contributed by atoms with Gasteiger partial charge in [0.1, 0.15) is 0 Å². The highest BCUT2D eigenvalue weighted by atomic mass is 16.1. The van der Waals surface area contributed by atoms with Crippen LogP contribution in [0.2, 0.25) is 0 Å². The van der Waals surface area contributed by atoms with Crippen LogP contribution in [-0.4, -0.2) is 17.4 Å². The molecule has 1 N–H and O–H groups in total. The summed E-state index contributed by atoms with van der Waals surface area (Å²) in [6, 6.07) is 9.59. The van der Waals surface area contributed by atoms with Gasteiger partial charge in [-0.3, -0.25) is 9.78 Å². The lowest BCUT2D eigenvalue weighted by atomic mass is 10.1. The summed E-state index contributed by atoms with van der Waals surface area (Å²) in [5.74, 6) is -0.0205. The Bertz CT molecular complexity index is 575. The van der Waals surface area contributed by atoms with Gasteiger partial charge in [-0.25, -0.2) is 0 Å². The maximum atomic E-state index is 12.2. The van der Waals surface area contributed by atoms with Gasteiger partial charge in [-0.2, -0.15) is 0 Å². The monoisotopic (exact) mass is 284 g/mol. The molecule has 0 aliphatic carbocycles. The van der Waals surface area contributed by atoms with Gasteiger partial charge < -0.3 is 5.32 Å². The number of hydrogen-bond donors (Lipinski definition) is 1. The van der Waals surface area contributed by atoms with E-state index in [1.54, 1.807) is 6.20 Å². The van der Waals surface area contributed by atoms with E-state index in [1.165, 1.54) is 32.1 Å². The van der Waals surface area contributed by atoms with E-state index in [4.69, 9.17) is 0 Å². The predicted molar refractivity (Wildman–Crippen MR) is 87.5 cm³/mol. The van der Waals surface area contributed by atoms with Gasteiger partial charge in [0.25, 0.3) is 5.91 Å². The van der Waals surface area contributed by atoms with Crippen molar-refractivity contribution in [3.63, 3.8) is 0 Å². The van der Waals surface area contributed by atoms with Gasteiger partial charge in [-0.05, 0) is 18.6 Å². The lowest BCUT2D eigenvalue weighted by Gasteiger charge is -2.07. The molecule has 0 fully saturated rings. The van der Waals surface area contributed by atoms with E-state index >= 15 is 0 Å². The van der Waals surface area contributed by atoms with Crippen LogP contribution in [0.25, 0.3) is 10.9 Å². The second kappa shape index (κ2) is 8.40. The molecule has 1 amide bonds. The molecule has 21 heavy (non-hydrogen) atoms. The van der Waals surface area contributed by atoms with Crippen LogP contribution in [0.3, 0.4) is 0 Å². The lowest BCUT2D eigenvalue weighted by Crippen LogP contribution is -2.24. The van der Waals surface area contributed by atoms with Crippen molar-refractivity contribution in [1.29, 1.82) is 0 Å². The Balaban J connectivity index is 1.83. The molecule has 0 radical (unpaired) electrons. The van der Waals surface area contributed by atoms with Crippen molar-refractivity contribution in [3.8, 4) is 0 Å². The van der Waals surface area contributed by atoms with Gasteiger partial charge in [0, 0.05) is 18.1 Å². The average molecular weight is 284 g/mol. The van der Waals surface area contributed by atoms with Gasteiger partial charge in [-0.15, -0.1) is 0 Å². The van der Waals surface area contributed by atoms with Crippen molar-refractivity contribution >= 4 is 16.8 Å². The summed E-state index contributed by atoms with van der Waals surface area (Å²) < 4.78 is 0. The number of amides is 1. The van der Waals surface area contributed by atoms with Gasteiger partial charge >= 0.3 is 0 Å². The van der Waals surface area contributed by atoms with Crippen LogP contribution in [-0.2, 0) is 0 Å². The summed E-state index contributed by atoms with van der Waals surface area (Å²) in [5, 5.41) is 4.01. The third-order valence-corrected chi connectivity index (χ3v) is 3.69. The molecule has 3 heteroatoms. The number of para-hydroxylation sites is 1. The molecule has 2 rings (SSSR count). The van der Waals surface area contributed by atoms with Crippen LogP contribution in [0.15, 0.2) is 36.5 Å². The Morgan fingerprint density at radius 2 is 1.81 bits per heavy atom. The van der Waals surface area contributed by atoms with E-state index in [0.29, 0.717) is 5.56 Å². The zero-order valence-corrected chi connectivity index (χ0v) is 12.8. The Labute approximate surface area is 126 Å². The smallest absolute Gasteiger partial charge is 0.253 e. The summed E-state index contributed by atoms with van der Waals surface area (Å²) in [5.41, 5.74) is 1.44. The van der Waals surface area contributed by atoms with Gasteiger partial charge in [0.05, 0.1) is 11.1 Å². The quantitative estimate of drug-likeness (QED) is 0.733. The third-order valence-electron chi connectivity index (χ3n) is 3.69. The predicted octanol–water partition coefficient (Wildman–Crippen LogP) is 4.33. The Hall–Kier alpha value is -1.90. The molecule has 2 aromatic rings. The number of pyridine rings is 1. The first kappa shape index (κ1) is 15.5. The van der Waals surface area contributed by atoms with Crippen molar-refractivity contribution in [2.75, 3.05) is 6.54 Å². The van der Waals surface area contributed by atoms with Crippen molar-refractivity contribution in [3.05, 3.63) is 42.1 Å². The van der Waals surface area contributed by atoms with E-state index in [0.717, 1.165) is 23.9 Å². The number of carbonyl (C=O) groups excluding carboxylic acids is 1. The first-order valence-corrected chi connectivity index (χ1v) is 7.95. The molecule has 0 saturated carbocycles. The standard InChI is InChI=1S/C18H24N2O/c1-2-3-4-5-6-7-13-20-18(21)16-12-8-10-15-11-9-14-19-17(15)16/h8-12,14H,2-7,13H2,1H3,(H,20,21). The topological polar surface area (TPSA) is 42.0 Å². The van der Waals surface area contributed by atoms with Crippen LogP contribution < -0.4 is 5.32 Å². The van der Waals surface area contributed by atoms with E-state index in [9.17, 15) is 4.79 Å². The fourth-order valence-corrected chi connectivity index (χ4v) is 2.49. The van der Waals surface area contributed by atoms with Gasteiger partial charge in [0.2, 0.25) is 0 Å². The zero-order valence-electron chi connectivity index (χ0n) is 12.8. The van der Waals surface area contributed by atoms with Crippen molar-refractivity contribution in [1.82, 2.24) is 10.3 Å². The molecule has 0 bridgehead atoms. The summed E-state index contributed by atoms with van der Waals surface area (Å²) in [6.07, 6.45) is 9.12. The minimum absolute atomic E-state index is 0.0205. The number of aromatic nitrogens is 1. The summed E-state index contributed by atoms with van der Waals surface area (Å²) >= 11 is 0. The van der Waals surface area contributed by atoms with Gasteiger partial charge in [0.15, 0.2) is 0 Å². The maximum Gasteiger partial charge on any atom is 0.253 e. The number of nitrogens with zero attached hydrogens (tertiary/aromatic N) is 1. The average Bonchev–Trinajstić information content (AvgIpc) is 2.53. The first-order chi connectivity index (χ1) is 10.3. The van der Waals surface area contributed by atoms with Crippen molar-refractivity contribution in [2.45, 2.75) is 45.4 Å². The molecule has 1 aromatic carbocycles. The summed E-state index contributed by atoms with van der Waals surface area (Å²) in [6.45, 7) is 2.96. The van der Waals surface area contributed by atoms with Crippen LogP contribution in [0.5, 0.6) is 0 Å². The molecule has 0 aliphatic rings. The number of hydrogen-bond acceptors (Lipinski definition) is 2. The second-order valence-corrected chi connectivity index (χ2v) is 5.40. The number of nitrogens with one attached hydrogen (secondary N) is 1. The van der Waals surface area contributed by atoms with E-state index < -0.39 is 0 Å². The minimum atomic E-state index is -0.0205. The molecular formula is C18H24N2O. The first-order valence-electron chi connectivity index (χ1n) is 7.95. The normalized spacial score (nSPS) is 10.7.